The van der Waals surface area contributed by atoms with E-state index in [9.17, 15) is 9.59 Å². The summed E-state index contributed by atoms with van der Waals surface area (Å²) in [6.07, 6.45) is 10.9. The van der Waals surface area contributed by atoms with Gasteiger partial charge in [0.15, 0.2) is 0 Å². The maximum Gasteiger partial charge on any atom is 0.338 e. The molecule has 2 aliphatic rings. The molecule has 0 saturated heterocycles. The van der Waals surface area contributed by atoms with E-state index in [-0.39, 0.29) is 18.9 Å². The molecule has 0 heterocycles. The van der Waals surface area contributed by atoms with E-state index in [4.69, 9.17) is 14.2 Å². The van der Waals surface area contributed by atoms with Crippen LogP contribution in [0, 0.1) is 24.7 Å². The molecule has 3 rings (SSSR count). The molecule has 0 bridgehead atoms. The van der Waals surface area contributed by atoms with Crippen molar-refractivity contribution in [2.75, 3.05) is 6.79 Å². The lowest BCUT2D eigenvalue weighted by molar-refractivity contribution is -0.144. The molecule has 0 unspecified atom stereocenters. The van der Waals surface area contributed by atoms with Crippen LogP contribution in [0.25, 0.3) is 0 Å². The van der Waals surface area contributed by atoms with Crippen LogP contribution in [0.5, 0.6) is 5.75 Å². The Bertz CT molecular complexity index is 740. The van der Waals surface area contributed by atoms with Gasteiger partial charge in [-0.15, -0.1) is 0 Å². The normalized spacial score (nSPS) is 26.5. The lowest BCUT2D eigenvalue weighted by Gasteiger charge is -2.37. The predicted molar refractivity (Wildman–Crippen MR) is 115 cm³/mol. The molecule has 1 aromatic carbocycles. The first-order valence-corrected chi connectivity index (χ1v) is 11.2. The number of ether oxygens (including phenoxy) is 3. The van der Waals surface area contributed by atoms with Gasteiger partial charge in [0.1, 0.15) is 11.9 Å². The highest BCUT2D eigenvalue weighted by molar-refractivity contribution is 5.91. The zero-order chi connectivity index (χ0) is 21.5. The summed E-state index contributed by atoms with van der Waals surface area (Å²) in [6, 6.07) is 5.14. The van der Waals surface area contributed by atoms with Gasteiger partial charge in [0.25, 0.3) is 0 Å². The first-order chi connectivity index (χ1) is 14.5. The van der Waals surface area contributed by atoms with Gasteiger partial charge in [-0.2, -0.15) is 0 Å². The van der Waals surface area contributed by atoms with Gasteiger partial charge in [0, 0.05) is 6.08 Å². The summed E-state index contributed by atoms with van der Waals surface area (Å²) < 4.78 is 16.0. The molecule has 0 amide bonds. The van der Waals surface area contributed by atoms with Crippen LogP contribution in [0.1, 0.15) is 74.2 Å². The third-order valence-electron chi connectivity index (χ3n) is 6.73. The van der Waals surface area contributed by atoms with Crippen molar-refractivity contribution in [2.24, 2.45) is 17.8 Å². The fourth-order valence-corrected chi connectivity index (χ4v) is 4.82. The summed E-state index contributed by atoms with van der Waals surface area (Å²) in [5.41, 5.74) is 1.33. The van der Waals surface area contributed by atoms with Gasteiger partial charge in [0.05, 0.1) is 5.56 Å². The standard InChI is InChI=1S/C25H34O5/c1-4-24(26)29-16-28-22-13-14-23(18(3)15-22)25(27)30-21-11-9-20(10-12-21)19-7-5-17(2)6-8-19/h4,13-15,17,19-21H,1,5-12,16H2,2-3H3. The van der Waals surface area contributed by atoms with E-state index in [0.717, 1.165) is 42.2 Å². The van der Waals surface area contributed by atoms with Crippen molar-refractivity contribution in [1.82, 2.24) is 0 Å². The average Bonchev–Trinajstić information content (AvgIpc) is 2.75. The Morgan fingerprint density at radius 3 is 2.27 bits per heavy atom. The van der Waals surface area contributed by atoms with Crippen LogP contribution < -0.4 is 4.74 Å². The third kappa shape index (κ3) is 6.10. The molecular weight excluding hydrogens is 380 g/mol. The molecule has 0 aromatic heterocycles. The van der Waals surface area contributed by atoms with E-state index in [1.54, 1.807) is 18.2 Å². The lowest BCUT2D eigenvalue weighted by atomic mass is 9.71. The molecule has 30 heavy (non-hydrogen) atoms. The minimum Gasteiger partial charge on any atom is -0.459 e. The van der Waals surface area contributed by atoms with Gasteiger partial charge in [0.2, 0.25) is 6.79 Å². The molecule has 2 saturated carbocycles. The van der Waals surface area contributed by atoms with E-state index in [2.05, 4.69) is 13.5 Å². The minimum absolute atomic E-state index is 0.0184. The summed E-state index contributed by atoms with van der Waals surface area (Å²) in [5, 5.41) is 0. The van der Waals surface area contributed by atoms with E-state index >= 15 is 0 Å². The molecule has 164 valence electrons. The maximum atomic E-state index is 12.7. The highest BCUT2D eigenvalue weighted by Gasteiger charge is 2.31. The Morgan fingerprint density at radius 2 is 1.67 bits per heavy atom. The van der Waals surface area contributed by atoms with Crippen molar-refractivity contribution in [1.29, 1.82) is 0 Å². The van der Waals surface area contributed by atoms with Crippen LogP contribution >= 0.6 is 0 Å². The zero-order valence-electron chi connectivity index (χ0n) is 18.2. The number of benzene rings is 1. The molecule has 0 atom stereocenters. The SMILES string of the molecule is C=CC(=O)OCOc1ccc(C(=O)OC2CCC(C3CCC(C)CC3)CC2)c(C)c1. The fraction of sp³-hybridized carbons (Fsp3) is 0.600. The Morgan fingerprint density at radius 1 is 1.03 bits per heavy atom. The van der Waals surface area contributed by atoms with E-state index in [0.29, 0.717) is 11.3 Å². The smallest absolute Gasteiger partial charge is 0.338 e. The van der Waals surface area contributed by atoms with Gasteiger partial charge in [-0.3, -0.25) is 0 Å². The van der Waals surface area contributed by atoms with Crippen molar-refractivity contribution in [3.8, 4) is 5.75 Å². The predicted octanol–water partition coefficient (Wildman–Crippen LogP) is 5.60. The van der Waals surface area contributed by atoms with E-state index in [1.165, 1.54) is 38.5 Å². The second kappa shape index (κ2) is 10.6. The monoisotopic (exact) mass is 414 g/mol. The Hall–Kier alpha value is -2.30. The minimum atomic E-state index is -0.542. The Balaban J connectivity index is 1.45. The number of aryl methyl sites for hydroxylation is 1. The molecule has 0 N–H and O–H groups in total. The van der Waals surface area contributed by atoms with Crippen molar-refractivity contribution in [3.63, 3.8) is 0 Å². The summed E-state index contributed by atoms with van der Waals surface area (Å²) in [6.45, 7) is 7.34. The van der Waals surface area contributed by atoms with Crippen LogP contribution in [0.2, 0.25) is 0 Å². The van der Waals surface area contributed by atoms with Crippen molar-refractivity contribution in [2.45, 2.75) is 71.3 Å². The molecular formula is C25H34O5. The second-order valence-corrected chi connectivity index (χ2v) is 8.87. The summed E-state index contributed by atoms with van der Waals surface area (Å²) >= 11 is 0. The van der Waals surface area contributed by atoms with E-state index < -0.39 is 5.97 Å². The third-order valence-corrected chi connectivity index (χ3v) is 6.73. The lowest BCUT2D eigenvalue weighted by Crippen LogP contribution is -2.29. The highest BCUT2D eigenvalue weighted by Crippen LogP contribution is 2.40. The summed E-state index contributed by atoms with van der Waals surface area (Å²) in [7, 11) is 0. The van der Waals surface area contributed by atoms with Gasteiger partial charge < -0.3 is 14.2 Å². The Labute approximate surface area is 179 Å². The van der Waals surface area contributed by atoms with Gasteiger partial charge in [-0.05, 0) is 87.0 Å². The molecule has 5 nitrogen and oxygen atoms in total. The highest BCUT2D eigenvalue weighted by atomic mass is 16.7. The molecule has 0 aliphatic heterocycles. The number of hydrogen-bond acceptors (Lipinski definition) is 5. The van der Waals surface area contributed by atoms with Crippen LogP contribution in [0.3, 0.4) is 0 Å². The largest absolute Gasteiger partial charge is 0.459 e. The van der Waals surface area contributed by atoms with Crippen molar-refractivity contribution < 1.29 is 23.8 Å². The summed E-state index contributed by atoms with van der Waals surface area (Å²) in [5.74, 6) is 2.29. The molecule has 2 aliphatic carbocycles. The number of hydrogen-bond donors (Lipinski definition) is 0. The molecule has 2 fully saturated rings. The number of rotatable bonds is 7. The van der Waals surface area contributed by atoms with Crippen LogP contribution in [0.15, 0.2) is 30.9 Å². The number of esters is 2. The summed E-state index contributed by atoms with van der Waals surface area (Å²) in [4.78, 5) is 23.7. The maximum absolute atomic E-state index is 12.7. The van der Waals surface area contributed by atoms with Crippen LogP contribution in [-0.4, -0.2) is 24.8 Å². The fourth-order valence-electron chi connectivity index (χ4n) is 4.82. The van der Waals surface area contributed by atoms with Gasteiger partial charge >= 0.3 is 11.9 Å². The Kier molecular flexibility index (Phi) is 7.94. The van der Waals surface area contributed by atoms with E-state index in [1.807, 2.05) is 6.92 Å². The van der Waals surface area contributed by atoms with Crippen LogP contribution in [-0.2, 0) is 14.3 Å². The first kappa shape index (κ1) is 22.4. The zero-order valence-corrected chi connectivity index (χ0v) is 18.2. The molecule has 5 heteroatoms. The molecule has 0 spiro atoms. The number of carbonyl (C=O) groups excluding carboxylic acids is 2. The molecule has 0 radical (unpaired) electrons. The van der Waals surface area contributed by atoms with Gasteiger partial charge in [-0.25, -0.2) is 9.59 Å². The molecule has 1 aromatic rings. The quantitative estimate of drug-likeness (QED) is 0.330. The average molecular weight is 415 g/mol. The van der Waals surface area contributed by atoms with Crippen molar-refractivity contribution in [3.05, 3.63) is 42.0 Å². The van der Waals surface area contributed by atoms with Gasteiger partial charge in [-0.1, -0.05) is 26.3 Å². The topological polar surface area (TPSA) is 61.8 Å². The van der Waals surface area contributed by atoms with Crippen molar-refractivity contribution >= 4 is 11.9 Å². The first-order valence-electron chi connectivity index (χ1n) is 11.2. The number of carbonyl (C=O) groups is 2. The second-order valence-electron chi connectivity index (χ2n) is 8.87. The van der Waals surface area contributed by atoms with Crippen LogP contribution in [0.4, 0.5) is 0 Å².